The van der Waals surface area contributed by atoms with Gasteiger partial charge in [-0.2, -0.15) is 0 Å². The summed E-state index contributed by atoms with van der Waals surface area (Å²) in [6, 6.07) is 11.0. The third-order valence-corrected chi connectivity index (χ3v) is 3.56. The average Bonchev–Trinajstić information content (AvgIpc) is 2.39. The molecule has 2 unspecified atom stereocenters. The Morgan fingerprint density at radius 1 is 1.06 bits per heavy atom. The van der Waals surface area contributed by atoms with Gasteiger partial charge in [-0.25, -0.2) is 0 Å². The smallest absolute Gasteiger partial charge is 0.00202 e. The van der Waals surface area contributed by atoms with E-state index < -0.39 is 0 Å². The van der Waals surface area contributed by atoms with Crippen LogP contribution in [0.4, 0.5) is 0 Å². The fourth-order valence-corrected chi connectivity index (χ4v) is 2.61. The van der Waals surface area contributed by atoms with Crippen LogP contribution in [0.5, 0.6) is 0 Å². The molecule has 0 fully saturated rings. The first-order valence-electron chi connectivity index (χ1n) is 7.53. The molecule has 1 aromatic rings. The third-order valence-electron chi connectivity index (χ3n) is 3.56. The monoisotopic (exact) mass is 247 g/mol. The summed E-state index contributed by atoms with van der Waals surface area (Å²) in [5, 5.41) is 3.58. The molecule has 0 heterocycles. The minimum absolute atomic E-state index is 0.666. The van der Waals surface area contributed by atoms with E-state index in [0.29, 0.717) is 5.92 Å². The maximum atomic E-state index is 3.58. The summed E-state index contributed by atoms with van der Waals surface area (Å²) in [6.07, 6.45) is 5.16. The lowest BCUT2D eigenvalue weighted by Gasteiger charge is -2.22. The summed E-state index contributed by atoms with van der Waals surface area (Å²) < 4.78 is 0. The van der Waals surface area contributed by atoms with Crippen molar-refractivity contribution < 1.29 is 0 Å². The van der Waals surface area contributed by atoms with Crippen LogP contribution in [-0.4, -0.2) is 13.1 Å². The number of hydrogen-bond donors (Lipinski definition) is 1. The maximum Gasteiger partial charge on any atom is 0.00202 e. The fourth-order valence-electron chi connectivity index (χ4n) is 2.61. The van der Waals surface area contributed by atoms with Crippen LogP contribution in [0.15, 0.2) is 30.3 Å². The molecule has 0 aliphatic rings. The van der Waals surface area contributed by atoms with Crippen molar-refractivity contribution in [3.8, 4) is 0 Å². The topological polar surface area (TPSA) is 12.0 Å². The molecule has 1 heteroatoms. The molecule has 0 saturated carbocycles. The van der Waals surface area contributed by atoms with E-state index in [0.717, 1.165) is 19.0 Å². The molecule has 1 nitrogen and oxygen atoms in total. The first-order chi connectivity index (χ1) is 8.77. The number of rotatable bonds is 9. The van der Waals surface area contributed by atoms with Crippen molar-refractivity contribution in [3.05, 3.63) is 35.9 Å². The molecule has 0 spiro atoms. The predicted molar refractivity (Wildman–Crippen MR) is 81.0 cm³/mol. The Morgan fingerprint density at radius 2 is 1.78 bits per heavy atom. The lowest BCUT2D eigenvalue weighted by molar-refractivity contribution is 0.420. The van der Waals surface area contributed by atoms with Crippen molar-refractivity contribution in [2.45, 2.75) is 52.4 Å². The highest BCUT2D eigenvalue weighted by Crippen LogP contribution is 2.25. The Bertz CT molecular complexity index is 294. The van der Waals surface area contributed by atoms with Crippen molar-refractivity contribution in [2.75, 3.05) is 13.1 Å². The van der Waals surface area contributed by atoms with Crippen molar-refractivity contribution in [2.24, 2.45) is 5.92 Å². The highest BCUT2D eigenvalue weighted by molar-refractivity contribution is 5.19. The SMILES string of the molecule is CCCNCC(CC(C)CCC)c1ccccc1. The van der Waals surface area contributed by atoms with Gasteiger partial charge >= 0.3 is 0 Å². The molecule has 102 valence electrons. The van der Waals surface area contributed by atoms with E-state index in [2.05, 4.69) is 56.4 Å². The first-order valence-corrected chi connectivity index (χ1v) is 7.53. The van der Waals surface area contributed by atoms with Crippen LogP contribution in [-0.2, 0) is 0 Å². The molecular weight excluding hydrogens is 218 g/mol. The highest BCUT2D eigenvalue weighted by atomic mass is 14.8. The first kappa shape index (κ1) is 15.2. The molecule has 2 atom stereocenters. The molecule has 1 N–H and O–H groups in total. The lowest BCUT2D eigenvalue weighted by Crippen LogP contribution is -2.23. The largest absolute Gasteiger partial charge is 0.316 e. The maximum absolute atomic E-state index is 3.58. The van der Waals surface area contributed by atoms with Gasteiger partial charge in [-0.1, -0.05) is 63.9 Å². The van der Waals surface area contributed by atoms with Crippen molar-refractivity contribution in [3.63, 3.8) is 0 Å². The van der Waals surface area contributed by atoms with Crippen LogP contribution < -0.4 is 5.32 Å². The zero-order chi connectivity index (χ0) is 13.2. The lowest BCUT2D eigenvalue weighted by atomic mass is 9.87. The standard InChI is InChI=1S/C17H29N/c1-4-9-15(3)13-17(14-18-12-5-2)16-10-7-6-8-11-16/h6-8,10-11,15,17-18H,4-5,9,12-14H2,1-3H3. The minimum atomic E-state index is 0.666. The van der Waals surface area contributed by atoms with Gasteiger partial charge in [-0.3, -0.25) is 0 Å². The molecule has 1 aromatic carbocycles. The molecule has 0 aliphatic heterocycles. The van der Waals surface area contributed by atoms with Gasteiger partial charge in [0, 0.05) is 6.54 Å². The summed E-state index contributed by atoms with van der Waals surface area (Å²) in [4.78, 5) is 0. The normalized spacial score (nSPS) is 14.4. The minimum Gasteiger partial charge on any atom is -0.316 e. The van der Waals surface area contributed by atoms with E-state index >= 15 is 0 Å². The van der Waals surface area contributed by atoms with Crippen LogP contribution in [0.3, 0.4) is 0 Å². The van der Waals surface area contributed by atoms with E-state index in [4.69, 9.17) is 0 Å². The number of hydrogen-bond acceptors (Lipinski definition) is 1. The van der Waals surface area contributed by atoms with E-state index in [1.165, 1.54) is 31.2 Å². The second-order valence-corrected chi connectivity index (χ2v) is 5.44. The van der Waals surface area contributed by atoms with Gasteiger partial charge in [0.05, 0.1) is 0 Å². The highest BCUT2D eigenvalue weighted by Gasteiger charge is 2.14. The van der Waals surface area contributed by atoms with Crippen molar-refractivity contribution >= 4 is 0 Å². The zero-order valence-corrected chi connectivity index (χ0v) is 12.3. The zero-order valence-electron chi connectivity index (χ0n) is 12.3. The molecular formula is C17H29N. The van der Waals surface area contributed by atoms with Gasteiger partial charge in [0.25, 0.3) is 0 Å². The summed E-state index contributed by atoms with van der Waals surface area (Å²) in [5.74, 6) is 1.49. The molecule has 1 rings (SSSR count). The molecule has 0 radical (unpaired) electrons. The Hall–Kier alpha value is -0.820. The van der Waals surface area contributed by atoms with Crippen LogP contribution in [0, 0.1) is 5.92 Å². The van der Waals surface area contributed by atoms with E-state index in [9.17, 15) is 0 Å². The van der Waals surface area contributed by atoms with Crippen molar-refractivity contribution in [1.82, 2.24) is 5.32 Å². The summed E-state index contributed by atoms with van der Waals surface area (Å²) in [5.41, 5.74) is 1.49. The van der Waals surface area contributed by atoms with Gasteiger partial charge in [0.1, 0.15) is 0 Å². The van der Waals surface area contributed by atoms with Gasteiger partial charge in [0.15, 0.2) is 0 Å². The summed E-state index contributed by atoms with van der Waals surface area (Å²) in [6.45, 7) is 9.14. The van der Waals surface area contributed by atoms with Crippen LogP contribution in [0.2, 0.25) is 0 Å². The van der Waals surface area contributed by atoms with Gasteiger partial charge in [-0.05, 0) is 36.8 Å². The van der Waals surface area contributed by atoms with Crippen LogP contribution >= 0.6 is 0 Å². The molecule has 0 aliphatic carbocycles. The molecule has 0 saturated heterocycles. The third kappa shape index (κ3) is 5.68. The molecule has 18 heavy (non-hydrogen) atoms. The van der Waals surface area contributed by atoms with Gasteiger partial charge < -0.3 is 5.32 Å². The van der Waals surface area contributed by atoms with E-state index in [1.54, 1.807) is 0 Å². The molecule has 0 bridgehead atoms. The van der Waals surface area contributed by atoms with Gasteiger partial charge in [0.2, 0.25) is 0 Å². The number of benzene rings is 1. The Labute approximate surface area is 113 Å². The average molecular weight is 247 g/mol. The van der Waals surface area contributed by atoms with Crippen LogP contribution in [0.25, 0.3) is 0 Å². The summed E-state index contributed by atoms with van der Waals surface area (Å²) in [7, 11) is 0. The Morgan fingerprint density at radius 3 is 2.39 bits per heavy atom. The fraction of sp³-hybridized carbons (Fsp3) is 0.647. The Balaban J connectivity index is 2.57. The van der Waals surface area contributed by atoms with Crippen molar-refractivity contribution in [1.29, 1.82) is 0 Å². The van der Waals surface area contributed by atoms with Gasteiger partial charge in [-0.15, -0.1) is 0 Å². The molecule has 0 amide bonds. The van der Waals surface area contributed by atoms with E-state index in [-0.39, 0.29) is 0 Å². The van der Waals surface area contributed by atoms with E-state index in [1.807, 2.05) is 0 Å². The Kier molecular flexibility index (Phi) is 7.75. The molecule has 0 aromatic heterocycles. The van der Waals surface area contributed by atoms with Crippen LogP contribution in [0.1, 0.15) is 57.9 Å². The summed E-state index contributed by atoms with van der Waals surface area (Å²) >= 11 is 0. The number of nitrogens with one attached hydrogen (secondary N) is 1. The second-order valence-electron chi connectivity index (χ2n) is 5.44. The predicted octanol–water partition coefficient (Wildman–Crippen LogP) is 4.60. The second kappa shape index (κ2) is 9.16. The quantitative estimate of drug-likeness (QED) is 0.629.